The van der Waals surface area contributed by atoms with Crippen molar-refractivity contribution in [3.8, 4) is 0 Å². The first-order chi connectivity index (χ1) is 8.81. The van der Waals surface area contributed by atoms with E-state index in [1.54, 1.807) is 0 Å². The van der Waals surface area contributed by atoms with Crippen LogP contribution in [0.3, 0.4) is 0 Å². The van der Waals surface area contributed by atoms with E-state index in [4.69, 9.17) is 0 Å². The molecule has 2 aromatic rings. The van der Waals surface area contributed by atoms with E-state index in [0.717, 1.165) is 17.4 Å². The van der Waals surface area contributed by atoms with Gasteiger partial charge in [-0.1, -0.05) is 73.7 Å². The van der Waals surface area contributed by atoms with Crippen LogP contribution in [0.1, 0.15) is 34.3 Å². The highest BCUT2D eigenvalue weighted by Crippen LogP contribution is 2.20. The first-order valence-corrected chi connectivity index (χ1v) is 6.08. The molecule has 0 aliphatic heterocycles. The van der Waals surface area contributed by atoms with E-state index in [2.05, 4.69) is 31.2 Å². The van der Waals surface area contributed by atoms with Crippen molar-refractivity contribution in [2.45, 2.75) is 12.8 Å². The van der Waals surface area contributed by atoms with E-state index in [-0.39, 0.29) is 5.92 Å². The molecule has 1 nitrogen and oxygen atoms in total. The molecule has 0 radical (unpaired) electrons. The minimum absolute atomic E-state index is 0.228. The van der Waals surface area contributed by atoms with Crippen LogP contribution in [0.15, 0.2) is 60.7 Å². The number of hydrogen-bond acceptors (Lipinski definition) is 1. The fourth-order valence-corrected chi connectivity index (χ4v) is 1.96. The monoisotopic (exact) mass is 236 g/mol. The third kappa shape index (κ3) is 2.95. The molecule has 0 bridgehead atoms. The zero-order valence-electron chi connectivity index (χ0n) is 10.4. The van der Waals surface area contributed by atoms with Crippen molar-refractivity contribution >= 4 is 12.4 Å². The molecule has 1 heteroatoms. The average molecular weight is 236 g/mol. The summed E-state index contributed by atoms with van der Waals surface area (Å²) < 4.78 is 0. The maximum atomic E-state index is 11.0. The van der Waals surface area contributed by atoms with Crippen LogP contribution < -0.4 is 0 Å². The summed E-state index contributed by atoms with van der Waals surface area (Å²) in [5.74, 6) is 0.228. The van der Waals surface area contributed by atoms with Gasteiger partial charge in [-0.2, -0.15) is 0 Å². The third-order valence-electron chi connectivity index (χ3n) is 2.99. The number of rotatable bonds is 4. The predicted octanol–water partition coefficient (Wildman–Crippen LogP) is 4.32. The van der Waals surface area contributed by atoms with Crippen molar-refractivity contribution in [2.75, 3.05) is 0 Å². The lowest BCUT2D eigenvalue weighted by molar-refractivity contribution is 0.112. The molecule has 0 saturated carbocycles. The Kier molecular flexibility index (Phi) is 4.08. The highest BCUT2D eigenvalue weighted by atomic mass is 16.1. The van der Waals surface area contributed by atoms with Crippen LogP contribution in [0.2, 0.25) is 0 Å². The number of aldehydes is 1. The molecular formula is C17H16O. The second kappa shape index (κ2) is 5.97. The van der Waals surface area contributed by atoms with Gasteiger partial charge < -0.3 is 0 Å². The zero-order valence-corrected chi connectivity index (χ0v) is 10.4. The number of carbonyl (C=O) groups excluding carboxylic acids is 1. The maximum absolute atomic E-state index is 11.0. The van der Waals surface area contributed by atoms with E-state index in [1.807, 2.05) is 42.5 Å². The van der Waals surface area contributed by atoms with Crippen LogP contribution in [-0.2, 0) is 0 Å². The summed E-state index contributed by atoms with van der Waals surface area (Å²) in [7, 11) is 0. The molecule has 90 valence electrons. The molecule has 0 aliphatic rings. The van der Waals surface area contributed by atoms with Gasteiger partial charge in [0.15, 0.2) is 0 Å². The second-order valence-electron chi connectivity index (χ2n) is 4.31. The van der Waals surface area contributed by atoms with Crippen molar-refractivity contribution < 1.29 is 4.79 Å². The smallest absolute Gasteiger partial charge is 0.150 e. The molecule has 18 heavy (non-hydrogen) atoms. The summed E-state index contributed by atoms with van der Waals surface area (Å²) in [5.41, 5.74) is 3.01. The summed E-state index contributed by atoms with van der Waals surface area (Å²) in [6, 6.07) is 17.9. The van der Waals surface area contributed by atoms with Gasteiger partial charge in [-0.3, -0.25) is 4.79 Å². The summed E-state index contributed by atoms with van der Waals surface area (Å²) in [5, 5.41) is 0. The number of hydrogen-bond donors (Lipinski definition) is 0. The van der Waals surface area contributed by atoms with E-state index >= 15 is 0 Å². The third-order valence-corrected chi connectivity index (χ3v) is 2.99. The first-order valence-electron chi connectivity index (χ1n) is 6.08. The molecule has 0 spiro atoms. The van der Waals surface area contributed by atoms with Crippen molar-refractivity contribution in [2.24, 2.45) is 0 Å². The van der Waals surface area contributed by atoms with Crippen LogP contribution in [0.4, 0.5) is 0 Å². The minimum atomic E-state index is 0.228. The molecule has 0 saturated heterocycles. The Bertz CT molecular complexity index is 541. The van der Waals surface area contributed by atoms with Gasteiger partial charge in [-0.05, 0) is 11.1 Å². The highest BCUT2D eigenvalue weighted by Gasteiger charge is 2.06. The van der Waals surface area contributed by atoms with E-state index in [0.29, 0.717) is 0 Å². The normalized spacial score (nSPS) is 12.5. The molecule has 1 unspecified atom stereocenters. The minimum Gasteiger partial charge on any atom is -0.298 e. The number of carbonyl (C=O) groups is 1. The molecular weight excluding hydrogens is 220 g/mol. The lowest BCUT2D eigenvalue weighted by atomic mass is 9.95. The van der Waals surface area contributed by atoms with Gasteiger partial charge in [0.1, 0.15) is 6.29 Å². The van der Waals surface area contributed by atoms with Crippen LogP contribution in [0, 0.1) is 0 Å². The quantitative estimate of drug-likeness (QED) is 0.723. The second-order valence-corrected chi connectivity index (χ2v) is 4.31. The SMILES string of the molecule is CC(/C=C/c1ccccc1)c1ccccc1C=O. The van der Waals surface area contributed by atoms with Gasteiger partial charge in [0.2, 0.25) is 0 Å². The standard InChI is InChI=1S/C17H16O/c1-14(11-12-15-7-3-2-4-8-15)17-10-6-5-9-16(17)13-18/h2-14H,1H3/b12-11+. The molecule has 0 heterocycles. The summed E-state index contributed by atoms with van der Waals surface area (Å²) in [6.07, 6.45) is 5.13. The first kappa shape index (κ1) is 12.3. The van der Waals surface area contributed by atoms with Gasteiger partial charge in [0.05, 0.1) is 0 Å². The molecule has 0 amide bonds. The average Bonchev–Trinajstić information content (AvgIpc) is 2.45. The Morgan fingerprint density at radius 3 is 2.33 bits per heavy atom. The molecule has 0 fully saturated rings. The lowest BCUT2D eigenvalue weighted by Crippen LogP contribution is -1.95. The Hall–Kier alpha value is -2.15. The van der Waals surface area contributed by atoms with E-state index in [9.17, 15) is 4.79 Å². The molecule has 0 aliphatic carbocycles. The van der Waals surface area contributed by atoms with Crippen molar-refractivity contribution in [1.29, 1.82) is 0 Å². The molecule has 1 atom stereocenters. The van der Waals surface area contributed by atoms with Crippen LogP contribution in [-0.4, -0.2) is 6.29 Å². The Labute approximate surface area is 108 Å². The van der Waals surface area contributed by atoms with Gasteiger partial charge >= 0.3 is 0 Å². The molecule has 0 N–H and O–H groups in total. The Morgan fingerprint density at radius 1 is 0.944 bits per heavy atom. The topological polar surface area (TPSA) is 17.1 Å². The maximum Gasteiger partial charge on any atom is 0.150 e. The lowest BCUT2D eigenvalue weighted by Gasteiger charge is -2.09. The van der Waals surface area contributed by atoms with Gasteiger partial charge in [0, 0.05) is 11.5 Å². The fraction of sp³-hybridized carbons (Fsp3) is 0.118. The van der Waals surface area contributed by atoms with Gasteiger partial charge in [-0.15, -0.1) is 0 Å². The van der Waals surface area contributed by atoms with Gasteiger partial charge in [-0.25, -0.2) is 0 Å². The van der Waals surface area contributed by atoms with Crippen molar-refractivity contribution in [3.63, 3.8) is 0 Å². The van der Waals surface area contributed by atoms with E-state index in [1.165, 1.54) is 5.56 Å². The van der Waals surface area contributed by atoms with E-state index < -0.39 is 0 Å². The zero-order chi connectivity index (χ0) is 12.8. The fourth-order valence-electron chi connectivity index (χ4n) is 1.96. The predicted molar refractivity (Wildman–Crippen MR) is 75.7 cm³/mol. The van der Waals surface area contributed by atoms with Gasteiger partial charge in [0.25, 0.3) is 0 Å². The Balaban J connectivity index is 2.19. The van der Waals surface area contributed by atoms with Crippen molar-refractivity contribution in [1.82, 2.24) is 0 Å². The molecule has 0 aromatic heterocycles. The number of allylic oxidation sites excluding steroid dienone is 1. The van der Waals surface area contributed by atoms with Crippen LogP contribution in [0.5, 0.6) is 0 Å². The van der Waals surface area contributed by atoms with Crippen molar-refractivity contribution in [3.05, 3.63) is 77.4 Å². The van der Waals surface area contributed by atoms with Crippen LogP contribution in [0.25, 0.3) is 6.08 Å². The molecule has 2 rings (SSSR count). The molecule has 2 aromatic carbocycles. The summed E-state index contributed by atoms with van der Waals surface area (Å²) in [4.78, 5) is 11.0. The highest BCUT2D eigenvalue weighted by molar-refractivity contribution is 5.77. The largest absolute Gasteiger partial charge is 0.298 e. The number of benzene rings is 2. The summed E-state index contributed by atoms with van der Waals surface area (Å²) >= 11 is 0. The van der Waals surface area contributed by atoms with Crippen LogP contribution >= 0.6 is 0 Å². The summed E-state index contributed by atoms with van der Waals surface area (Å²) in [6.45, 7) is 2.10. The Morgan fingerprint density at radius 2 is 1.61 bits per heavy atom.